The van der Waals surface area contributed by atoms with Gasteiger partial charge in [0.2, 0.25) is 15.0 Å². The number of nitrogens with zero attached hydrogens (tertiary/aromatic N) is 3. The van der Waals surface area contributed by atoms with Gasteiger partial charge in [-0.3, -0.25) is 4.79 Å². The molecule has 0 saturated carbocycles. The fourth-order valence-corrected chi connectivity index (χ4v) is 4.93. The Bertz CT molecular complexity index is 868. The van der Waals surface area contributed by atoms with Gasteiger partial charge in [0.25, 0.3) is 5.91 Å². The summed E-state index contributed by atoms with van der Waals surface area (Å²) in [6, 6.07) is 0. The molecule has 2 aliphatic rings. The molecule has 12 heteroatoms. The lowest BCUT2D eigenvalue weighted by Crippen LogP contribution is -2.47. The number of amides is 1. The highest BCUT2D eigenvalue weighted by molar-refractivity contribution is 7.91. The second-order valence-electron chi connectivity index (χ2n) is 8.66. The summed E-state index contributed by atoms with van der Waals surface area (Å²) < 4.78 is 37.7. The predicted octanol–water partition coefficient (Wildman–Crippen LogP) is -1.11. The van der Waals surface area contributed by atoms with Crippen LogP contribution < -0.4 is 5.46 Å². The number of likely N-dealkylation sites (tertiary alicyclic amines) is 1. The summed E-state index contributed by atoms with van der Waals surface area (Å²) in [5.41, 5.74) is -0.527. The maximum atomic E-state index is 12.9. The summed E-state index contributed by atoms with van der Waals surface area (Å²) in [6.07, 6.45) is 1.73. The van der Waals surface area contributed by atoms with Crippen LogP contribution in [0.4, 0.5) is 0 Å². The molecule has 0 radical (unpaired) electrons. The van der Waals surface area contributed by atoms with Gasteiger partial charge in [-0.25, -0.2) is 18.4 Å². The molecule has 166 valence electrons. The van der Waals surface area contributed by atoms with E-state index in [2.05, 4.69) is 9.97 Å². The topological polar surface area (TPSA) is 139 Å². The van der Waals surface area contributed by atoms with E-state index in [0.29, 0.717) is 5.46 Å². The van der Waals surface area contributed by atoms with Crippen molar-refractivity contribution in [3.8, 4) is 0 Å². The van der Waals surface area contributed by atoms with Gasteiger partial charge < -0.3 is 24.4 Å². The van der Waals surface area contributed by atoms with Crippen LogP contribution in [-0.2, 0) is 23.9 Å². The SMILES string of the molecule is CC1(C)OB(c2cnc(S(=O)(=O)C3CCN(C(=O)[C@H](O)CO)CC3)nc2)OC1(C)C. The lowest BCUT2D eigenvalue weighted by molar-refractivity contribution is -0.142. The van der Waals surface area contributed by atoms with Gasteiger partial charge in [0.15, 0.2) is 6.10 Å². The molecule has 3 rings (SSSR count). The van der Waals surface area contributed by atoms with Crippen molar-refractivity contribution in [1.29, 1.82) is 0 Å². The van der Waals surface area contributed by atoms with E-state index in [-0.39, 0.29) is 31.1 Å². The molecular weight excluding hydrogens is 413 g/mol. The largest absolute Gasteiger partial charge is 0.498 e. The van der Waals surface area contributed by atoms with E-state index in [0.717, 1.165) is 0 Å². The third kappa shape index (κ3) is 4.24. The number of hydrogen-bond donors (Lipinski definition) is 2. The van der Waals surface area contributed by atoms with Crippen LogP contribution in [0, 0.1) is 0 Å². The molecule has 10 nitrogen and oxygen atoms in total. The Hall–Kier alpha value is -1.60. The van der Waals surface area contributed by atoms with Crippen LogP contribution in [0.3, 0.4) is 0 Å². The second kappa shape index (κ2) is 8.15. The summed E-state index contributed by atoms with van der Waals surface area (Å²) in [7, 11) is -4.46. The standard InChI is InChI=1S/C18H28BN3O7S/c1-17(2)18(3,4)29-19(28-17)12-9-20-16(21-10-12)30(26,27)13-5-7-22(8-6-13)15(25)14(24)11-23/h9-10,13-14,23-24H,5-8,11H2,1-4H3/t14-/m1/s1. The molecule has 30 heavy (non-hydrogen) atoms. The Morgan fingerprint density at radius 1 is 1.20 bits per heavy atom. The smallest absolute Gasteiger partial charge is 0.399 e. The first-order chi connectivity index (χ1) is 13.9. The third-order valence-corrected chi connectivity index (χ3v) is 8.15. The van der Waals surface area contributed by atoms with E-state index in [9.17, 15) is 18.3 Å². The van der Waals surface area contributed by atoms with E-state index < -0.39 is 52.0 Å². The van der Waals surface area contributed by atoms with Crippen LogP contribution in [0.25, 0.3) is 0 Å². The third-order valence-electron chi connectivity index (χ3n) is 6.08. The normalized spacial score (nSPS) is 22.9. The van der Waals surface area contributed by atoms with Gasteiger partial charge >= 0.3 is 7.12 Å². The van der Waals surface area contributed by atoms with Crippen LogP contribution in [0.15, 0.2) is 17.6 Å². The molecule has 2 N–H and O–H groups in total. The molecule has 0 unspecified atom stereocenters. The summed E-state index contributed by atoms with van der Waals surface area (Å²) in [6.45, 7) is 7.36. The van der Waals surface area contributed by atoms with Crippen LogP contribution in [0.1, 0.15) is 40.5 Å². The van der Waals surface area contributed by atoms with E-state index in [4.69, 9.17) is 14.4 Å². The molecule has 2 aliphatic heterocycles. The number of aliphatic hydroxyl groups excluding tert-OH is 2. The second-order valence-corrected chi connectivity index (χ2v) is 10.8. The highest BCUT2D eigenvalue weighted by atomic mass is 32.2. The molecule has 2 fully saturated rings. The number of piperidine rings is 1. The van der Waals surface area contributed by atoms with Gasteiger partial charge in [-0.1, -0.05) is 0 Å². The van der Waals surface area contributed by atoms with Crippen molar-refractivity contribution >= 4 is 28.3 Å². The highest BCUT2D eigenvalue weighted by Crippen LogP contribution is 2.36. The lowest BCUT2D eigenvalue weighted by atomic mass is 9.81. The fraction of sp³-hybridized carbons (Fsp3) is 0.722. The zero-order valence-corrected chi connectivity index (χ0v) is 18.4. The van der Waals surface area contributed by atoms with Crippen molar-refractivity contribution in [1.82, 2.24) is 14.9 Å². The monoisotopic (exact) mass is 441 g/mol. The number of aliphatic hydroxyl groups is 2. The lowest BCUT2D eigenvalue weighted by Gasteiger charge is -2.32. The van der Waals surface area contributed by atoms with Crippen molar-refractivity contribution in [2.24, 2.45) is 0 Å². The van der Waals surface area contributed by atoms with E-state index in [1.165, 1.54) is 17.3 Å². The number of sulfone groups is 1. The number of carbonyl (C=O) groups excluding carboxylic acids is 1. The van der Waals surface area contributed by atoms with Crippen molar-refractivity contribution < 1.29 is 32.7 Å². The Labute approximate surface area is 176 Å². The number of carbonyl (C=O) groups is 1. The first kappa shape index (κ1) is 23.1. The quantitative estimate of drug-likeness (QED) is 0.430. The van der Waals surface area contributed by atoms with Crippen LogP contribution in [0.5, 0.6) is 0 Å². The van der Waals surface area contributed by atoms with Crippen LogP contribution in [-0.4, -0.2) is 88.8 Å². The number of rotatable bonds is 5. The van der Waals surface area contributed by atoms with Crippen LogP contribution >= 0.6 is 0 Å². The first-order valence-corrected chi connectivity index (χ1v) is 11.4. The number of hydrogen-bond acceptors (Lipinski definition) is 9. The Balaban J connectivity index is 1.67. The Morgan fingerprint density at radius 3 is 2.17 bits per heavy atom. The molecule has 2 saturated heterocycles. The van der Waals surface area contributed by atoms with Gasteiger partial charge in [0, 0.05) is 30.9 Å². The summed E-state index contributed by atoms with van der Waals surface area (Å²) in [5.74, 6) is -0.601. The van der Waals surface area contributed by atoms with Gasteiger partial charge in [0.1, 0.15) is 0 Å². The van der Waals surface area contributed by atoms with E-state index in [1.807, 2.05) is 27.7 Å². The molecule has 0 bridgehead atoms. The average Bonchev–Trinajstić information content (AvgIpc) is 2.94. The molecule has 0 aromatic carbocycles. The fourth-order valence-electron chi connectivity index (χ4n) is 3.40. The maximum Gasteiger partial charge on any atom is 0.498 e. The first-order valence-electron chi connectivity index (χ1n) is 9.88. The van der Waals surface area contributed by atoms with E-state index in [1.54, 1.807) is 0 Å². The van der Waals surface area contributed by atoms with E-state index >= 15 is 0 Å². The molecule has 0 spiro atoms. The van der Waals surface area contributed by atoms with Crippen molar-refractivity contribution in [3.63, 3.8) is 0 Å². The van der Waals surface area contributed by atoms with Gasteiger partial charge in [0.05, 0.1) is 23.1 Å². The summed E-state index contributed by atoms with van der Waals surface area (Å²) in [4.78, 5) is 21.4. The molecule has 1 atom stereocenters. The van der Waals surface area contributed by atoms with Gasteiger partial charge in [-0.05, 0) is 40.5 Å². The molecule has 1 amide bonds. The van der Waals surface area contributed by atoms with Gasteiger partial charge in [-0.15, -0.1) is 0 Å². The zero-order valence-electron chi connectivity index (χ0n) is 17.6. The van der Waals surface area contributed by atoms with Crippen molar-refractivity contribution in [2.75, 3.05) is 19.7 Å². The van der Waals surface area contributed by atoms with Crippen molar-refractivity contribution in [2.45, 2.75) is 68.2 Å². The Kier molecular flexibility index (Phi) is 6.27. The molecule has 3 heterocycles. The number of aromatic nitrogens is 2. The summed E-state index contributed by atoms with van der Waals surface area (Å²) >= 11 is 0. The summed E-state index contributed by atoms with van der Waals surface area (Å²) in [5, 5.41) is 17.4. The van der Waals surface area contributed by atoms with Crippen LogP contribution in [0.2, 0.25) is 0 Å². The molecular formula is C18H28BN3O7S. The minimum Gasteiger partial charge on any atom is -0.399 e. The molecule has 1 aromatic rings. The average molecular weight is 441 g/mol. The maximum absolute atomic E-state index is 12.9. The zero-order chi connectivity index (χ0) is 22.3. The molecule has 1 aromatic heterocycles. The molecule has 0 aliphatic carbocycles. The highest BCUT2D eigenvalue weighted by Gasteiger charge is 2.52. The minimum atomic E-state index is -3.78. The van der Waals surface area contributed by atoms with Crippen molar-refractivity contribution in [3.05, 3.63) is 12.4 Å². The minimum absolute atomic E-state index is 0.172. The predicted molar refractivity (Wildman–Crippen MR) is 108 cm³/mol. The Morgan fingerprint density at radius 2 is 1.70 bits per heavy atom. The van der Waals surface area contributed by atoms with Gasteiger partial charge in [-0.2, -0.15) is 0 Å².